The van der Waals surface area contributed by atoms with Gasteiger partial charge in [-0.1, -0.05) is 12.1 Å². The molecule has 2 heterocycles. The summed E-state index contributed by atoms with van der Waals surface area (Å²) in [7, 11) is 0. The smallest absolute Gasteiger partial charge is 0.363 e. The van der Waals surface area contributed by atoms with Crippen molar-refractivity contribution in [3.63, 3.8) is 0 Å². The van der Waals surface area contributed by atoms with Crippen LogP contribution in [0.15, 0.2) is 48.8 Å². The Morgan fingerprint density at radius 3 is 2.20 bits per heavy atom. The fraction of sp³-hybridized carbons (Fsp3) is 0.278. The highest BCUT2D eigenvalue weighted by Gasteiger charge is 2.66. The second-order valence-electron chi connectivity index (χ2n) is 6.54. The molecule has 1 aliphatic rings. The average molecular weight is 433 g/mol. The van der Waals surface area contributed by atoms with Crippen molar-refractivity contribution in [3.05, 3.63) is 65.5 Å². The van der Waals surface area contributed by atoms with E-state index in [-0.39, 0.29) is 11.1 Å². The van der Waals surface area contributed by atoms with Gasteiger partial charge in [-0.3, -0.25) is 9.78 Å². The first-order valence-corrected chi connectivity index (χ1v) is 8.34. The van der Waals surface area contributed by atoms with Gasteiger partial charge < -0.3 is 15.7 Å². The second kappa shape index (κ2) is 7.27. The number of carbonyl (C=O) groups is 2. The molecule has 0 aliphatic carbocycles. The molecule has 12 heteroatoms. The van der Waals surface area contributed by atoms with Crippen molar-refractivity contribution in [2.75, 3.05) is 0 Å². The van der Waals surface area contributed by atoms with E-state index in [0.717, 1.165) is 24.4 Å². The molecule has 1 aliphatic heterocycles. The van der Waals surface area contributed by atoms with E-state index in [9.17, 15) is 41.0 Å². The van der Waals surface area contributed by atoms with E-state index in [4.69, 9.17) is 0 Å². The van der Waals surface area contributed by atoms with Crippen molar-refractivity contribution >= 4 is 11.8 Å². The summed E-state index contributed by atoms with van der Waals surface area (Å²) in [6, 6.07) is 2.08. The van der Waals surface area contributed by atoms with Gasteiger partial charge >= 0.3 is 18.4 Å². The summed E-state index contributed by atoms with van der Waals surface area (Å²) in [6.45, 7) is 0. The SMILES string of the molecule is O=C1N[C@@H](c2ccc(C(F)(F)F)cc2)[C@@H](C(=O)c2cccnc2)[C@@](O)(C(F)(F)F)N1. The van der Waals surface area contributed by atoms with E-state index < -0.39 is 47.4 Å². The van der Waals surface area contributed by atoms with Crippen molar-refractivity contribution in [2.24, 2.45) is 5.92 Å². The molecule has 30 heavy (non-hydrogen) atoms. The number of alkyl halides is 6. The molecule has 1 aromatic carbocycles. The Morgan fingerprint density at radius 2 is 1.70 bits per heavy atom. The van der Waals surface area contributed by atoms with Gasteiger partial charge in [-0.15, -0.1) is 0 Å². The second-order valence-corrected chi connectivity index (χ2v) is 6.54. The van der Waals surface area contributed by atoms with Crippen molar-refractivity contribution in [1.82, 2.24) is 15.6 Å². The van der Waals surface area contributed by atoms with Gasteiger partial charge in [-0.2, -0.15) is 26.3 Å². The molecule has 0 saturated carbocycles. The zero-order valence-corrected chi connectivity index (χ0v) is 14.8. The largest absolute Gasteiger partial charge is 0.437 e. The van der Waals surface area contributed by atoms with Crippen LogP contribution in [0.1, 0.15) is 27.5 Å². The number of amides is 2. The van der Waals surface area contributed by atoms with Crippen LogP contribution in [0, 0.1) is 5.92 Å². The van der Waals surface area contributed by atoms with Gasteiger partial charge in [-0.05, 0) is 29.8 Å². The van der Waals surface area contributed by atoms with E-state index in [1.807, 2.05) is 0 Å². The summed E-state index contributed by atoms with van der Waals surface area (Å²) in [4.78, 5) is 28.4. The van der Waals surface area contributed by atoms with E-state index in [2.05, 4.69) is 10.3 Å². The minimum absolute atomic E-state index is 0.234. The summed E-state index contributed by atoms with van der Waals surface area (Å²) in [6.07, 6.45) is -7.94. The van der Waals surface area contributed by atoms with Gasteiger partial charge in [0.15, 0.2) is 5.78 Å². The first-order chi connectivity index (χ1) is 13.8. The number of urea groups is 1. The molecule has 3 rings (SSSR count). The summed E-state index contributed by atoms with van der Waals surface area (Å²) >= 11 is 0. The molecule has 1 aromatic heterocycles. The monoisotopic (exact) mass is 433 g/mol. The number of nitrogens with one attached hydrogen (secondary N) is 2. The Bertz CT molecular complexity index is 946. The van der Waals surface area contributed by atoms with Crippen LogP contribution in [0.2, 0.25) is 0 Å². The molecular weight excluding hydrogens is 420 g/mol. The molecular formula is C18H13F6N3O3. The molecule has 2 aromatic rings. The first kappa shape index (κ1) is 21.6. The molecule has 2 amide bonds. The highest BCUT2D eigenvalue weighted by molar-refractivity contribution is 6.00. The van der Waals surface area contributed by atoms with Gasteiger partial charge in [0.25, 0.3) is 0 Å². The number of halogens is 6. The number of pyridine rings is 1. The van der Waals surface area contributed by atoms with Crippen LogP contribution in [0.4, 0.5) is 31.1 Å². The van der Waals surface area contributed by atoms with Crippen LogP contribution in [0.3, 0.4) is 0 Å². The van der Waals surface area contributed by atoms with E-state index in [1.165, 1.54) is 17.6 Å². The number of rotatable bonds is 3. The molecule has 0 unspecified atom stereocenters. The highest BCUT2D eigenvalue weighted by atomic mass is 19.4. The molecule has 6 nitrogen and oxygen atoms in total. The van der Waals surface area contributed by atoms with E-state index in [0.29, 0.717) is 12.1 Å². The molecule has 160 valence electrons. The van der Waals surface area contributed by atoms with Gasteiger partial charge in [0.1, 0.15) is 5.92 Å². The Hall–Kier alpha value is -3.15. The third kappa shape index (κ3) is 3.82. The topological polar surface area (TPSA) is 91.3 Å². The van der Waals surface area contributed by atoms with Gasteiger partial charge in [0, 0.05) is 18.0 Å². The lowest BCUT2D eigenvalue weighted by Gasteiger charge is -2.45. The van der Waals surface area contributed by atoms with Crippen LogP contribution in [-0.4, -0.2) is 33.8 Å². The summed E-state index contributed by atoms with van der Waals surface area (Å²) in [5, 5.41) is 13.8. The molecule has 0 bridgehead atoms. The molecule has 3 atom stereocenters. The summed E-state index contributed by atoms with van der Waals surface area (Å²) in [5.41, 5.74) is -5.58. The Labute approximate surface area is 164 Å². The number of aliphatic hydroxyl groups is 1. The molecule has 1 saturated heterocycles. The van der Waals surface area contributed by atoms with Crippen LogP contribution < -0.4 is 10.6 Å². The molecule has 3 N–H and O–H groups in total. The predicted molar refractivity (Wildman–Crippen MR) is 88.9 cm³/mol. The zero-order valence-electron chi connectivity index (χ0n) is 14.8. The van der Waals surface area contributed by atoms with Gasteiger partial charge in [0.2, 0.25) is 5.72 Å². The fourth-order valence-electron chi connectivity index (χ4n) is 3.18. The number of hydrogen-bond acceptors (Lipinski definition) is 4. The number of hydrogen-bond donors (Lipinski definition) is 3. The van der Waals surface area contributed by atoms with Gasteiger partial charge in [0.05, 0.1) is 11.6 Å². The normalized spacial score (nSPS) is 24.7. The molecule has 0 spiro atoms. The first-order valence-electron chi connectivity index (χ1n) is 8.34. The lowest BCUT2D eigenvalue weighted by Crippen LogP contribution is -2.72. The number of carbonyl (C=O) groups excluding carboxylic acids is 2. The van der Waals surface area contributed by atoms with Crippen molar-refractivity contribution < 1.29 is 41.0 Å². The Kier molecular flexibility index (Phi) is 5.23. The minimum atomic E-state index is -5.47. The maximum absolute atomic E-state index is 13.7. The minimum Gasteiger partial charge on any atom is -0.363 e. The average Bonchev–Trinajstić information content (AvgIpc) is 2.66. The van der Waals surface area contributed by atoms with Crippen molar-refractivity contribution in [1.29, 1.82) is 0 Å². The Balaban J connectivity index is 2.13. The highest BCUT2D eigenvalue weighted by Crippen LogP contribution is 2.44. The number of nitrogens with zero attached hydrogens (tertiary/aromatic N) is 1. The van der Waals surface area contributed by atoms with Crippen molar-refractivity contribution in [2.45, 2.75) is 24.1 Å². The van der Waals surface area contributed by atoms with Crippen molar-refractivity contribution in [3.8, 4) is 0 Å². The third-order valence-electron chi connectivity index (χ3n) is 4.63. The summed E-state index contributed by atoms with van der Waals surface area (Å²) in [5.74, 6) is -3.57. The lowest BCUT2D eigenvalue weighted by atomic mass is 9.77. The number of benzene rings is 1. The summed E-state index contributed by atoms with van der Waals surface area (Å²) < 4.78 is 79.6. The van der Waals surface area contributed by atoms with Crippen LogP contribution in [0.5, 0.6) is 0 Å². The lowest BCUT2D eigenvalue weighted by molar-refractivity contribution is -0.287. The predicted octanol–water partition coefficient (Wildman–Crippen LogP) is 3.20. The fourth-order valence-corrected chi connectivity index (χ4v) is 3.18. The maximum Gasteiger partial charge on any atom is 0.437 e. The number of Topliss-reactive ketones (excluding diaryl/α,β-unsaturated/α-hetero) is 1. The zero-order chi connectivity index (χ0) is 22.3. The van der Waals surface area contributed by atoms with Crippen LogP contribution in [0.25, 0.3) is 0 Å². The van der Waals surface area contributed by atoms with Crippen LogP contribution >= 0.6 is 0 Å². The standard InChI is InChI=1S/C18H13F6N3O3/c19-17(20,21)11-5-3-9(4-6-11)13-12(14(28)10-2-1-7-25-8-10)16(30,18(22,23)24)27-15(29)26-13/h1-8,12-13,30H,(H2,26,27,29)/t12-,13-,16+/m0/s1. The molecule has 0 radical (unpaired) electrons. The molecule has 1 fully saturated rings. The Morgan fingerprint density at radius 1 is 1.07 bits per heavy atom. The van der Waals surface area contributed by atoms with Gasteiger partial charge in [-0.25, -0.2) is 4.79 Å². The third-order valence-corrected chi connectivity index (χ3v) is 4.63. The number of ketones is 1. The maximum atomic E-state index is 13.7. The quantitative estimate of drug-likeness (QED) is 0.512. The van der Waals surface area contributed by atoms with Crippen LogP contribution in [-0.2, 0) is 6.18 Å². The van der Waals surface area contributed by atoms with E-state index in [1.54, 1.807) is 0 Å². The number of aromatic nitrogens is 1. The van der Waals surface area contributed by atoms with E-state index >= 15 is 0 Å².